The van der Waals surface area contributed by atoms with E-state index in [-0.39, 0.29) is 5.91 Å². The summed E-state index contributed by atoms with van der Waals surface area (Å²) in [6.07, 6.45) is 3.60. The van der Waals surface area contributed by atoms with Crippen LogP contribution in [0.4, 0.5) is 5.69 Å². The highest BCUT2D eigenvalue weighted by molar-refractivity contribution is 6.05. The molecule has 0 aliphatic heterocycles. The van der Waals surface area contributed by atoms with E-state index < -0.39 is 0 Å². The second-order valence-electron chi connectivity index (χ2n) is 5.56. The number of imidazole rings is 1. The van der Waals surface area contributed by atoms with E-state index in [1.54, 1.807) is 6.20 Å². The van der Waals surface area contributed by atoms with Crippen molar-refractivity contribution in [2.75, 3.05) is 5.32 Å². The quantitative estimate of drug-likeness (QED) is 0.597. The number of carbonyl (C=O) groups excluding carboxylic acids is 1. The van der Waals surface area contributed by atoms with Gasteiger partial charge in [-0.3, -0.25) is 14.3 Å². The zero-order valence-corrected chi connectivity index (χ0v) is 12.8. The van der Waals surface area contributed by atoms with Crippen molar-refractivity contribution >= 4 is 28.1 Å². The molecule has 0 saturated heterocycles. The standard InChI is InChI=1S/C17H15N5O/c1-10-4-3-7-22-15(11(2)19-16(10)22)17(23)20-13-6-5-12-9-18-21-14(12)8-13/h3-9H,1-2H3,(H,18,21)(H,20,23). The van der Waals surface area contributed by atoms with Crippen molar-refractivity contribution in [2.24, 2.45) is 0 Å². The van der Waals surface area contributed by atoms with E-state index in [9.17, 15) is 4.79 Å². The van der Waals surface area contributed by atoms with Gasteiger partial charge in [0.25, 0.3) is 5.91 Å². The molecule has 0 fully saturated rings. The summed E-state index contributed by atoms with van der Waals surface area (Å²) >= 11 is 0. The molecule has 114 valence electrons. The van der Waals surface area contributed by atoms with Gasteiger partial charge in [-0.2, -0.15) is 5.10 Å². The number of nitrogens with zero attached hydrogens (tertiary/aromatic N) is 3. The van der Waals surface area contributed by atoms with Crippen molar-refractivity contribution in [3.63, 3.8) is 0 Å². The minimum Gasteiger partial charge on any atom is -0.321 e. The van der Waals surface area contributed by atoms with E-state index >= 15 is 0 Å². The normalized spacial score (nSPS) is 11.2. The maximum absolute atomic E-state index is 12.7. The van der Waals surface area contributed by atoms with Crippen molar-refractivity contribution in [3.8, 4) is 0 Å². The summed E-state index contributed by atoms with van der Waals surface area (Å²) in [7, 11) is 0. The predicted octanol–water partition coefficient (Wildman–Crippen LogP) is 3.08. The highest BCUT2D eigenvalue weighted by Gasteiger charge is 2.17. The van der Waals surface area contributed by atoms with E-state index in [1.165, 1.54) is 0 Å². The van der Waals surface area contributed by atoms with Gasteiger partial charge in [-0.1, -0.05) is 6.07 Å². The predicted molar refractivity (Wildman–Crippen MR) is 88.7 cm³/mol. The molecule has 4 rings (SSSR count). The molecule has 6 nitrogen and oxygen atoms in total. The fraction of sp³-hybridized carbons (Fsp3) is 0.118. The maximum atomic E-state index is 12.7. The van der Waals surface area contributed by atoms with Crippen LogP contribution < -0.4 is 5.32 Å². The largest absolute Gasteiger partial charge is 0.321 e. The molecule has 2 N–H and O–H groups in total. The van der Waals surface area contributed by atoms with Crippen LogP contribution in [0.3, 0.4) is 0 Å². The number of benzene rings is 1. The molecule has 0 aliphatic rings. The van der Waals surface area contributed by atoms with Crippen molar-refractivity contribution in [2.45, 2.75) is 13.8 Å². The molecule has 0 bridgehead atoms. The summed E-state index contributed by atoms with van der Waals surface area (Å²) < 4.78 is 1.83. The number of rotatable bonds is 2. The van der Waals surface area contributed by atoms with Gasteiger partial charge in [0.2, 0.25) is 0 Å². The van der Waals surface area contributed by atoms with Gasteiger partial charge in [-0.05, 0) is 43.7 Å². The zero-order chi connectivity index (χ0) is 16.0. The first-order valence-corrected chi connectivity index (χ1v) is 7.32. The van der Waals surface area contributed by atoms with Gasteiger partial charge in [-0.15, -0.1) is 0 Å². The van der Waals surface area contributed by atoms with E-state index in [0.29, 0.717) is 17.1 Å². The Morgan fingerprint density at radius 1 is 1.26 bits per heavy atom. The summed E-state index contributed by atoms with van der Waals surface area (Å²) in [5, 5.41) is 10.8. The summed E-state index contributed by atoms with van der Waals surface area (Å²) in [4.78, 5) is 17.2. The highest BCUT2D eigenvalue weighted by Crippen LogP contribution is 2.19. The van der Waals surface area contributed by atoms with Crippen LogP contribution in [0.2, 0.25) is 0 Å². The molecule has 23 heavy (non-hydrogen) atoms. The van der Waals surface area contributed by atoms with Gasteiger partial charge in [0.15, 0.2) is 0 Å². The fourth-order valence-corrected chi connectivity index (χ4v) is 2.80. The number of pyridine rings is 1. The summed E-state index contributed by atoms with van der Waals surface area (Å²) in [6.45, 7) is 3.83. The molecule has 0 atom stereocenters. The smallest absolute Gasteiger partial charge is 0.274 e. The highest BCUT2D eigenvalue weighted by atomic mass is 16.2. The lowest BCUT2D eigenvalue weighted by atomic mass is 10.2. The van der Waals surface area contributed by atoms with Crippen LogP contribution in [0, 0.1) is 13.8 Å². The maximum Gasteiger partial charge on any atom is 0.274 e. The van der Waals surface area contributed by atoms with Crippen molar-refractivity contribution in [3.05, 3.63) is 59.7 Å². The van der Waals surface area contributed by atoms with Gasteiger partial charge in [0, 0.05) is 17.3 Å². The van der Waals surface area contributed by atoms with Gasteiger partial charge in [0.1, 0.15) is 11.3 Å². The van der Waals surface area contributed by atoms with Crippen molar-refractivity contribution in [1.29, 1.82) is 0 Å². The lowest BCUT2D eigenvalue weighted by Crippen LogP contribution is -2.15. The number of amides is 1. The second-order valence-corrected chi connectivity index (χ2v) is 5.56. The first-order chi connectivity index (χ1) is 11.1. The number of aryl methyl sites for hydroxylation is 2. The Morgan fingerprint density at radius 3 is 3.00 bits per heavy atom. The van der Waals surface area contributed by atoms with Crippen LogP contribution in [0.25, 0.3) is 16.6 Å². The molecular formula is C17H15N5O. The number of fused-ring (bicyclic) bond motifs is 2. The van der Waals surface area contributed by atoms with Crippen LogP contribution in [0.5, 0.6) is 0 Å². The number of hydrogen-bond acceptors (Lipinski definition) is 3. The molecule has 4 aromatic rings. The third kappa shape index (κ3) is 2.15. The van der Waals surface area contributed by atoms with Gasteiger partial charge >= 0.3 is 0 Å². The molecule has 6 heteroatoms. The number of aromatic nitrogens is 4. The first-order valence-electron chi connectivity index (χ1n) is 7.32. The molecule has 0 aliphatic carbocycles. The minimum absolute atomic E-state index is 0.181. The second kappa shape index (κ2) is 4.95. The van der Waals surface area contributed by atoms with Crippen LogP contribution in [0.1, 0.15) is 21.7 Å². The van der Waals surface area contributed by atoms with Gasteiger partial charge < -0.3 is 5.32 Å². The van der Waals surface area contributed by atoms with Crippen LogP contribution in [-0.2, 0) is 0 Å². The first kappa shape index (κ1) is 13.5. The number of aromatic amines is 1. The van der Waals surface area contributed by atoms with Crippen molar-refractivity contribution in [1.82, 2.24) is 19.6 Å². The van der Waals surface area contributed by atoms with E-state index in [0.717, 1.165) is 22.1 Å². The Bertz CT molecular complexity index is 1040. The van der Waals surface area contributed by atoms with Crippen molar-refractivity contribution < 1.29 is 4.79 Å². The lowest BCUT2D eigenvalue weighted by Gasteiger charge is -2.06. The molecule has 1 amide bonds. The minimum atomic E-state index is -0.181. The average Bonchev–Trinajstić information content (AvgIpc) is 3.11. The number of anilines is 1. The number of nitrogens with one attached hydrogen (secondary N) is 2. The number of hydrogen-bond donors (Lipinski definition) is 2. The fourth-order valence-electron chi connectivity index (χ4n) is 2.80. The molecule has 3 heterocycles. The SMILES string of the molecule is Cc1nc2c(C)cccn2c1C(=O)Nc1ccc2cn[nH]c2c1. The van der Waals surface area contributed by atoms with E-state index in [1.807, 2.05) is 54.8 Å². The monoisotopic (exact) mass is 305 g/mol. The Morgan fingerprint density at radius 2 is 2.13 bits per heavy atom. The van der Waals surface area contributed by atoms with Gasteiger partial charge in [0.05, 0.1) is 17.4 Å². The van der Waals surface area contributed by atoms with Gasteiger partial charge in [-0.25, -0.2) is 4.98 Å². The number of H-pyrrole nitrogens is 1. The average molecular weight is 305 g/mol. The molecular weight excluding hydrogens is 290 g/mol. The Hall–Kier alpha value is -3.15. The zero-order valence-electron chi connectivity index (χ0n) is 12.8. The third-order valence-electron chi connectivity index (χ3n) is 3.93. The lowest BCUT2D eigenvalue weighted by molar-refractivity contribution is 0.102. The van der Waals surface area contributed by atoms with Crippen LogP contribution >= 0.6 is 0 Å². The Kier molecular flexibility index (Phi) is 2.90. The summed E-state index contributed by atoms with van der Waals surface area (Å²) in [5.74, 6) is -0.181. The van der Waals surface area contributed by atoms with Crippen LogP contribution in [0.15, 0.2) is 42.7 Å². The molecule has 1 aromatic carbocycles. The molecule has 0 spiro atoms. The summed E-state index contributed by atoms with van der Waals surface area (Å²) in [6, 6.07) is 9.54. The summed E-state index contributed by atoms with van der Waals surface area (Å²) in [5.41, 5.74) is 4.70. The molecule has 0 radical (unpaired) electrons. The Balaban J connectivity index is 1.74. The van der Waals surface area contributed by atoms with E-state index in [2.05, 4.69) is 20.5 Å². The topological polar surface area (TPSA) is 75.1 Å². The molecule has 0 unspecified atom stereocenters. The Labute approximate surface area is 132 Å². The molecule has 0 saturated carbocycles. The van der Waals surface area contributed by atoms with Crippen LogP contribution in [-0.4, -0.2) is 25.5 Å². The number of carbonyl (C=O) groups is 1. The molecule has 3 aromatic heterocycles. The third-order valence-corrected chi connectivity index (χ3v) is 3.93. The van der Waals surface area contributed by atoms with E-state index in [4.69, 9.17) is 0 Å².